The number of carbonyl (C=O) groups is 2. The molecule has 26 heavy (non-hydrogen) atoms. The number of hydrogen-bond donors (Lipinski definition) is 1. The van der Waals surface area contributed by atoms with E-state index in [1.165, 1.54) is 12.3 Å². The van der Waals surface area contributed by atoms with Crippen LogP contribution in [0.25, 0.3) is 0 Å². The van der Waals surface area contributed by atoms with Gasteiger partial charge in [-0.2, -0.15) is 5.26 Å². The molecule has 1 amide bonds. The van der Waals surface area contributed by atoms with E-state index in [9.17, 15) is 14.9 Å². The molecule has 0 bridgehead atoms. The molecule has 0 spiro atoms. The van der Waals surface area contributed by atoms with Crippen LogP contribution in [-0.2, 0) is 14.3 Å². The second-order valence-corrected chi connectivity index (χ2v) is 6.66. The summed E-state index contributed by atoms with van der Waals surface area (Å²) in [5, 5.41) is 12.6. The molecule has 1 aromatic carbocycles. The zero-order valence-corrected chi connectivity index (χ0v) is 15.8. The van der Waals surface area contributed by atoms with Crippen LogP contribution in [0.2, 0.25) is 10.0 Å². The highest BCUT2D eigenvalue weighted by atomic mass is 35.5. The van der Waals surface area contributed by atoms with Crippen molar-refractivity contribution >= 4 is 40.8 Å². The maximum absolute atomic E-state index is 12.4. The number of nitrogens with one attached hydrogen (secondary N) is 1. The number of ether oxygens (including phenoxy) is 1. The number of carbonyl (C=O) groups excluding carboxylic acids is 2. The molecular weight excluding hydrogens is 377 g/mol. The van der Waals surface area contributed by atoms with Crippen LogP contribution in [0.5, 0.6) is 0 Å². The zero-order chi connectivity index (χ0) is 19.1. The Morgan fingerprint density at radius 3 is 2.88 bits per heavy atom. The number of rotatable bonds is 5. The molecule has 138 valence electrons. The van der Waals surface area contributed by atoms with E-state index in [1.54, 1.807) is 24.0 Å². The van der Waals surface area contributed by atoms with E-state index in [0.717, 1.165) is 12.8 Å². The third-order valence-corrected chi connectivity index (χ3v) is 4.48. The first-order valence-corrected chi connectivity index (χ1v) is 8.99. The Morgan fingerprint density at radius 2 is 2.23 bits per heavy atom. The minimum atomic E-state index is -0.574. The van der Waals surface area contributed by atoms with Crippen molar-refractivity contribution < 1.29 is 14.3 Å². The maximum atomic E-state index is 12.4. The van der Waals surface area contributed by atoms with E-state index in [2.05, 4.69) is 5.32 Å². The van der Waals surface area contributed by atoms with Crippen LogP contribution in [0.3, 0.4) is 0 Å². The molecule has 6 nitrogen and oxygen atoms in total. The lowest BCUT2D eigenvalue weighted by Gasteiger charge is -2.30. The minimum absolute atomic E-state index is 0.0690. The van der Waals surface area contributed by atoms with Gasteiger partial charge in [-0.15, -0.1) is 0 Å². The molecule has 1 atom stereocenters. The van der Waals surface area contributed by atoms with Crippen molar-refractivity contribution in [3.63, 3.8) is 0 Å². The van der Waals surface area contributed by atoms with Gasteiger partial charge < -0.3 is 15.0 Å². The molecule has 2 rings (SSSR count). The van der Waals surface area contributed by atoms with Crippen LogP contribution in [0, 0.1) is 17.2 Å². The number of halogens is 2. The zero-order valence-electron chi connectivity index (χ0n) is 14.3. The number of hydrogen-bond acceptors (Lipinski definition) is 5. The number of amides is 1. The van der Waals surface area contributed by atoms with Crippen molar-refractivity contribution in [2.24, 2.45) is 5.92 Å². The van der Waals surface area contributed by atoms with Crippen LogP contribution in [-0.4, -0.2) is 36.5 Å². The van der Waals surface area contributed by atoms with Gasteiger partial charge in [-0.05, 0) is 38.0 Å². The lowest BCUT2D eigenvalue weighted by atomic mass is 9.98. The van der Waals surface area contributed by atoms with Gasteiger partial charge in [0.15, 0.2) is 0 Å². The number of esters is 1. The van der Waals surface area contributed by atoms with Crippen LogP contribution in [0.1, 0.15) is 19.8 Å². The number of piperidine rings is 1. The van der Waals surface area contributed by atoms with Crippen LogP contribution in [0.15, 0.2) is 30.0 Å². The molecule has 0 saturated carbocycles. The quantitative estimate of drug-likeness (QED) is 0.467. The summed E-state index contributed by atoms with van der Waals surface area (Å²) < 4.78 is 5.05. The lowest BCUT2D eigenvalue weighted by molar-refractivity contribution is -0.149. The average Bonchev–Trinajstić information content (AvgIpc) is 2.62. The van der Waals surface area contributed by atoms with Gasteiger partial charge in [-0.25, -0.2) is 0 Å². The molecular formula is C18H19Cl2N3O3. The van der Waals surface area contributed by atoms with Gasteiger partial charge in [-0.3, -0.25) is 9.59 Å². The summed E-state index contributed by atoms with van der Waals surface area (Å²) in [4.78, 5) is 26.1. The van der Waals surface area contributed by atoms with Crippen molar-refractivity contribution in [1.82, 2.24) is 4.90 Å². The predicted octanol–water partition coefficient (Wildman–Crippen LogP) is 3.61. The fraction of sp³-hybridized carbons (Fsp3) is 0.389. The summed E-state index contributed by atoms with van der Waals surface area (Å²) >= 11 is 11.9. The summed E-state index contributed by atoms with van der Waals surface area (Å²) in [6.07, 6.45) is 2.99. The summed E-state index contributed by atoms with van der Waals surface area (Å²) in [6, 6.07) is 6.55. The smallest absolute Gasteiger partial charge is 0.310 e. The Kier molecular flexibility index (Phi) is 7.31. The minimum Gasteiger partial charge on any atom is -0.466 e. The fourth-order valence-corrected chi connectivity index (χ4v) is 3.13. The Labute approximate surface area is 162 Å². The third kappa shape index (κ3) is 5.38. The molecule has 1 saturated heterocycles. The predicted molar refractivity (Wildman–Crippen MR) is 99.7 cm³/mol. The summed E-state index contributed by atoms with van der Waals surface area (Å²) in [5.41, 5.74) is 0.297. The van der Waals surface area contributed by atoms with E-state index in [0.29, 0.717) is 30.4 Å². The molecule has 0 aliphatic carbocycles. The topological polar surface area (TPSA) is 82.4 Å². The number of anilines is 1. The monoisotopic (exact) mass is 395 g/mol. The van der Waals surface area contributed by atoms with Crippen LogP contribution in [0.4, 0.5) is 5.69 Å². The number of nitrogens with zero attached hydrogens (tertiary/aromatic N) is 2. The summed E-state index contributed by atoms with van der Waals surface area (Å²) in [5.74, 6) is -1.08. The van der Waals surface area contributed by atoms with E-state index < -0.39 is 5.91 Å². The Morgan fingerprint density at radius 1 is 1.46 bits per heavy atom. The van der Waals surface area contributed by atoms with Gasteiger partial charge >= 0.3 is 5.97 Å². The van der Waals surface area contributed by atoms with Crippen molar-refractivity contribution in [3.05, 3.63) is 40.0 Å². The van der Waals surface area contributed by atoms with Crippen LogP contribution < -0.4 is 5.32 Å². The van der Waals surface area contributed by atoms with Crippen molar-refractivity contribution in [3.8, 4) is 6.07 Å². The lowest BCUT2D eigenvalue weighted by Crippen LogP contribution is -2.37. The van der Waals surface area contributed by atoms with Gasteiger partial charge in [0.25, 0.3) is 5.91 Å². The molecule has 1 fully saturated rings. The molecule has 0 aromatic heterocycles. The highest BCUT2D eigenvalue weighted by Crippen LogP contribution is 2.26. The normalized spacial score (nSPS) is 17.4. The molecule has 1 N–H and O–H groups in total. The average molecular weight is 396 g/mol. The van der Waals surface area contributed by atoms with Crippen LogP contribution >= 0.6 is 23.2 Å². The van der Waals surface area contributed by atoms with Gasteiger partial charge in [0, 0.05) is 24.3 Å². The maximum Gasteiger partial charge on any atom is 0.310 e. The Balaban J connectivity index is 2.07. The number of likely N-dealkylation sites (tertiary alicyclic amines) is 1. The van der Waals surface area contributed by atoms with E-state index in [1.807, 2.05) is 6.07 Å². The fourth-order valence-electron chi connectivity index (χ4n) is 2.68. The third-order valence-electron chi connectivity index (χ3n) is 3.93. The summed E-state index contributed by atoms with van der Waals surface area (Å²) in [7, 11) is 0. The summed E-state index contributed by atoms with van der Waals surface area (Å²) in [6.45, 7) is 3.17. The number of nitriles is 1. The molecule has 1 aliphatic rings. The van der Waals surface area contributed by atoms with Crippen molar-refractivity contribution in [1.29, 1.82) is 5.26 Å². The molecule has 1 aromatic rings. The molecule has 1 unspecified atom stereocenters. The highest BCUT2D eigenvalue weighted by molar-refractivity contribution is 6.36. The first-order chi connectivity index (χ1) is 12.4. The highest BCUT2D eigenvalue weighted by Gasteiger charge is 2.26. The van der Waals surface area contributed by atoms with Crippen molar-refractivity contribution in [2.75, 3.05) is 25.0 Å². The van der Waals surface area contributed by atoms with E-state index >= 15 is 0 Å². The molecule has 1 aliphatic heterocycles. The van der Waals surface area contributed by atoms with Gasteiger partial charge in [0.2, 0.25) is 0 Å². The largest absolute Gasteiger partial charge is 0.466 e. The van der Waals surface area contributed by atoms with Gasteiger partial charge in [0.1, 0.15) is 11.6 Å². The number of benzene rings is 1. The first kappa shape index (κ1) is 20.1. The second kappa shape index (κ2) is 9.46. The standard InChI is InChI=1S/C18H19Cl2N3O3/c1-2-26-18(25)12-4-3-7-23(10-12)11-13(9-21)17(24)22-16-6-5-14(19)8-15(16)20/h5-6,8,11-12H,2-4,7,10H2,1H3,(H,22,24)/b13-11-. The second-order valence-electron chi connectivity index (χ2n) is 5.82. The molecule has 0 radical (unpaired) electrons. The van der Waals surface area contributed by atoms with E-state index in [-0.39, 0.29) is 22.5 Å². The van der Waals surface area contributed by atoms with E-state index in [4.69, 9.17) is 27.9 Å². The molecule has 1 heterocycles. The first-order valence-electron chi connectivity index (χ1n) is 8.23. The van der Waals surface area contributed by atoms with Gasteiger partial charge in [0.05, 0.1) is 23.2 Å². The molecule has 8 heteroatoms. The SMILES string of the molecule is CCOC(=O)C1CCCN(/C=C(/C#N)C(=O)Nc2ccc(Cl)cc2Cl)C1. The van der Waals surface area contributed by atoms with Crippen molar-refractivity contribution in [2.45, 2.75) is 19.8 Å². The Bertz CT molecular complexity index is 759. The Hall–Kier alpha value is -2.23. The van der Waals surface area contributed by atoms with Gasteiger partial charge in [-0.1, -0.05) is 23.2 Å².